The molecule has 0 saturated carbocycles. The van der Waals surface area contributed by atoms with Gasteiger partial charge in [-0.25, -0.2) is 13.4 Å². The van der Waals surface area contributed by atoms with Crippen LogP contribution in [-0.2, 0) is 10.0 Å². The first-order valence-corrected chi connectivity index (χ1v) is 14.7. The number of methoxy groups -OCH3 is 1. The highest BCUT2D eigenvalue weighted by Crippen LogP contribution is 2.34. The Balaban J connectivity index is 1.63. The largest absolute Gasteiger partial charge is 0.494 e. The molecule has 0 bridgehead atoms. The van der Waals surface area contributed by atoms with E-state index in [-0.39, 0.29) is 10.8 Å². The third-order valence-electron chi connectivity index (χ3n) is 6.65. The quantitative estimate of drug-likeness (QED) is 0.385. The number of nitrogens with zero attached hydrogens (tertiary/aromatic N) is 4. The van der Waals surface area contributed by atoms with Gasteiger partial charge in [-0.05, 0) is 62.3 Å². The van der Waals surface area contributed by atoms with Crippen LogP contribution in [0.1, 0.15) is 43.5 Å². The van der Waals surface area contributed by atoms with Gasteiger partial charge < -0.3 is 9.64 Å². The molecule has 1 aliphatic heterocycles. The second-order valence-electron chi connectivity index (χ2n) is 8.78. The Morgan fingerprint density at radius 3 is 2.36 bits per heavy atom. The fourth-order valence-electron chi connectivity index (χ4n) is 4.44. The van der Waals surface area contributed by atoms with Crippen molar-refractivity contribution in [3.8, 4) is 5.75 Å². The number of fused-ring (bicyclic) bond motifs is 1. The van der Waals surface area contributed by atoms with Crippen molar-refractivity contribution >= 4 is 42.6 Å². The summed E-state index contributed by atoms with van der Waals surface area (Å²) in [4.78, 5) is 22.6. The molecule has 1 amide bonds. The summed E-state index contributed by atoms with van der Waals surface area (Å²) in [6.07, 6.45) is 2.81. The molecule has 1 saturated heterocycles. The molecule has 8 nitrogen and oxygen atoms in total. The predicted octanol–water partition coefficient (Wildman–Crippen LogP) is 4.47. The lowest BCUT2D eigenvalue weighted by Crippen LogP contribution is -2.39. The number of likely N-dealkylation sites (N-methyl/N-ethyl adjacent to an activating group) is 1. The Hall–Kier alpha value is -2.53. The topological polar surface area (TPSA) is 83.1 Å². The number of hydrogen-bond acceptors (Lipinski definition) is 7. The van der Waals surface area contributed by atoms with E-state index in [1.165, 1.54) is 15.6 Å². The SMILES string of the molecule is CCN(CC)CCN(C(=O)c1ccc(S(=O)(=O)N2CCCCC2)cc1)c1nc2c(OC)cccc2s1. The van der Waals surface area contributed by atoms with Crippen molar-refractivity contribution in [2.24, 2.45) is 0 Å². The number of carbonyl (C=O) groups excluding carboxylic acids is 1. The molecular formula is C26H34N4O4S2. The van der Waals surface area contributed by atoms with Gasteiger partial charge in [-0.1, -0.05) is 37.7 Å². The first-order valence-electron chi connectivity index (χ1n) is 12.5. The van der Waals surface area contributed by atoms with Gasteiger partial charge >= 0.3 is 0 Å². The Morgan fingerprint density at radius 1 is 1.03 bits per heavy atom. The number of piperidine rings is 1. The molecule has 0 unspecified atom stereocenters. The van der Waals surface area contributed by atoms with Crippen LogP contribution in [0.2, 0.25) is 0 Å². The van der Waals surface area contributed by atoms with Crippen molar-refractivity contribution < 1.29 is 17.9 Å². The Morgan fingerprint density at radius 2 is 1.72 bits per heavy atom. The number of amides is 1. The number of para-hydroxylation sites is 1. The van der Waals surface area contributed by atoms with Gasteiger partial charge in [0.25, 0.3) is 5.91 Å². The summed E-state index contributed by atoms with van der Waals surface area (Å²) in [7, 11) is -1.94. The van der Waals surface area contributed by atoms with Gasteiger partial charge in [0.2, 0.25) is 10.0 Å². The molecule has 2 aromatic carbocycles. The van der Waals surface area contributed by atoms with Crippen LogP contribution in [0.4, 0.5) is 5.13 Å². The lowest BCUT2D eigenvalue weighted by molar-refractivity contribution is 0.0983. The van der Waals surface area contributed by atoms with E-state index in [1.54, 1.807) is 36.3 Å². The molecular weight excluding hydrogens is 496 g/mol. The van der Waals surface area contributed by atoms with E-state index >= 15 is 0 Å². The minimum Gasteiger partial charge on any atom is -0.494 e. The van der Waals surface area contributed by atoms with E-state index in [1.807, 2.05) is 18.2 Å². The molecule has 1 aromatic heterocycles. The van der Waals surface area contributed by atoms with Crippen LogP contribution in [0, 0.1) is 0 Å². The summed E-state index contributed by atoms with van der Waals surface area (Å²) in [5, 5.41) is 0.594. The van der Waals surface area contributed by atoms with Crippen LogP contribution < -0.4 is 9.64 Å². The molecule has 1 aliphatic rings. The average Bonchev–Trinajstić information content (AvgIpc) is 3.35. The summed E-state index contributed by atoms with van der Waals surface area (Å²) >= 11 is 1.44. The minimum atomic E-state index is -3.55. The molecule has 10 heteroatoms. The van der Waals surface area contributed by atoms with Gasteiger partial charge in [-0.2, -0.15) is 4.31 Å². The highest BCUT2D eigenvalue weighted by Gasteiger charge is 2.27. The first kappa shape index (κ1) is 26.5. The minimum absolute atomic E-state index is 0.206. The zero-order chi connectivity index (χ0) is 25.7. The third-order valence-corrected chi connectivity index (χ3v) is 9.61. The lowest BCUT2D eigenvalue weighted by Gasteiger charge is -2.26. The van der Waals surface area contributed by atoms with E-state index in [2.05, 4.69) is 18.7 Å². The molecule has 4 rings (SSSR count). The molecule has 36 heavy (non-hydrogen) atoms. The van der Waals surface area contributed by atoms with E-state index in [4.69, 9.17) is 9.72 Å². The maximum Gasteiger partial charge on any atom is 0.260 e. The Kier molecular flexibility index (Phi) is 8.61. The number of anilines is 1. The van der Waals surface area contributed by atoms with E-state index < -0.39 is 10.0 Å². The van der Waals surface area contributed by atoms with Gasteiger partial charge in [-0.15, -0.1) is 0 Å². The molecule has 0 N–H and O–H groups in total. The fraction of sp³-hybridized carbons (Fsp3) is 0.462. The van der Waals surface area contributed by atoms with Crippen molar-refractivity contribution in [3.05, 3.63) is 48.0 Å². The average molecular weight is 531 g/mol. The van der Waals surface area contributed by atoms with Gasteiger partial charge in [-0.3, -0.25) is 9.69 Å². The normalized spacial score (nSPS) is 14.9. The third kappa shape index (κ3) is 5.56. The zero-order valence-corrected chi connectivity index (χ0v) is 22.8. The van der Waals surface area contributed by atoms with Crippen molar-refractivity contribution in [2.45, 2.75) is 38.0 Å². The summed E-state index contributed by atoms with van der Waals surface area (Å²) in [6, 6.07) is 12.0. The highest BCUT2D eigenvalue weighted by atomic mass is 32.2. The second kappa shape index (κ2) is 11.7. The Bertz CT molecular complexity index is 1280. The first-order chi connectivity index (χ1) is 17.4. The van der Waals surface area contributed by atoms with Crippen LogP contribution in [0.25, 0.3) is 10.2 Å². The van der Waals surface area contributed by atoms with Gasteiger partial charge in [0.05, 0.1) is 16.7 Å². The van der Waals surface area contributed by atoms with Gasteiger partial charge in [0, 0.05) is 31.7 Å². The standard InChI is InChI=1S/C26H34N4O4S2/c1-4-28(5-2)18-19-30(26-27-24-22(34-3)10-9-11-23(24)35-26)25(31)20-12-14-21(15-13-20)36(32,33)29-16-7-6-8-17-29/h9-15H,4-8,16-19H2,1-3H3. The highest BCUT2D eigenvalue weighted by molar-refractivity contribution is 7.89. The van der Waals surface area contributed by atoms with Crippen molar-refractivity contribution in [2.75, 3.05) is 51.3 Å². The fourth-order valence-corrected chi connectivity index (χ4v) is 6.96. The maximum absolute atomic E-state index is 13.7. The monoisotopic (exact) mass is 530 g/mol. The van der Waals surface area contributed by atoms with Crippen molar-refractivity contribution in [1.82, 2.24) is 14.2 Å². The zero-order valence-electron chi connectivity index (χ0n) is 21.1. The van der Waals surface area contributed by atoms with Crippen LogP contribution >= 0.6 is 11.3 Å². The number of benzene rings is 2. The van der Waals surface area contributed by atoms with Crippen LogP contribution in [-0.4, -0.2) is 74.9 Å². The van der Waals surface area contributed by atoms with Crippen LogP contribution in [0.15, 0.2) is 47.4 Å². The predicted molar refractivity (Wildman–Crippen MR) is 145 cm³/mol. The van der Waals surface area contributed by atoms with E-state index in [0.29, 0.717) is 42.6 Å². The van der Waals surface area contributed by atoms with E-state index in [0.717, 1.165) is 42.6 Å². The summed E-state index contributed by atoms with van der Waals surface area (Å²) in [5.74, 6) is 0.459. The van der Waals surface area contributed by atoms with E-state index in [9.17, 15) is 13.2 Å². The summed E-state index contributed by atoms with van der Waals surface area (Å²) in [5.41, 5.74) is 1.15. The maximum atomic E-state index is 13.7. The summed E-state index contributed by atoms with van der Waals surface area (Å²) in [6.45, 7) is 8.22. The molecule has 0 aliphatic carbocycles. The van der Waals surface area contributed by atoms with Gasteiger partial charge in [0.1, 0.15) is 11.3 Å². The van der Waals surface area contributed by atoms with Crippen molar-refractivity contribution in [3.63, 3.8) is 0 Å². The number of aromatic nitrogens is 1. The molecule has 194 valence electrons. The smallest absolute Gasteiger partial charge is 0.260 e. The molecule has 1 fully saturated rings. The van der Waals surface area contributed by atoms with Crippen LogP contribution in [0.5, 0.6) is 5.75 Å². The number of hydrogen-bond donors (Lipinski definition) is 0. The molecule has 3 aromatic rings. The lowest BCUT2D eigenvalue weighted by atomic mass is 10.2. The molecule has 2 heterocycles. The Labute approximate surface area is 217 Å². The molecule has 0 spiro atoms. The van der Waals surface area contributed by atoms with Gasteiger partial charge in [0.15, 0.2) is 5.13 Å². The number of carbonyl (C=O) groups is 1. The summed E-state index contributed by atoms with van der Waals surface area (Å²) < 4.78 is 34.0. The molecule has 0 atom stereocenters. The van der Waals surface area contributed by atoms with Crippen molar-refractivity contribution in [1.29, 1.82) is 0 Å². The second-order valence-corrected chi connectivity index (χ2v) is 11.7. The molecule has 0 radical (unpaired) electrons. The number of thiazole rings is 1. The number of ether oxygens (including phenoxy) is 1. The van der Waals surface area contributed by atoms with Crippen LogP contribution in [0.3, 0.4) is 0 Å². The number of sulfonamides is 1. The number of rotatable bonds is 10.